The SMILES string of the molecule is CCOC(Cc1ccc(OCCN(CC2CC2)C(=O)OCc2ccccc2)cc1)C(=O)O. The second-order valence-electron chi connectivity index (χ2n) is 7.91. The molecule has 1 amide bonds. The molecule has 3 rings (SSSR count). The van der Waals surface area contributed by atoms with E-state index < -0.39 is 12.1 Å². The van der Waals surface area contributed by atoms with E-state index in [0.29, 0.717) is 44.4 Å². The monoisotopic (exact) mass is 441 g/mol. The van der Waals surface area contributed by atoms with Crippen LogP contribution in [0.1, 0.15) is 30.9 Å². The second kappa shape index (κ2) is 12.1. The molecule has 1 fully saturated rings. The van der Waals surface area contributed by atoms with E-state index in [9.17, 15) is 14.7 Å². The molecule has 1 aliphatic rings. The van der Waals surface area contributed by atoms with E-state index in [1.165, 1.54) is 0 Å². The molecule has 0 saturated heterocycles. The smallest absolute Gasteiger partial charge is 0.410 e. The summed E-state index contributed by atoms with van der Waals surface area (Å²) >= 11 is 0. The lowest BCUT2D eigenvalue weighted by Gasteiger charge is -2.22. The Morgan fingerprint density at radius 1 is 1.06 bits per heavy atom. The Hall–Kier alpha value is -3.06. The minimum Gasteiger partial charge on any atom is -0.492 e. The van der Waals surface area contributed by atoms with E-state index >= 15 is 0 Å². The summed E-state index contributed by atoms with van der Waals surface area (Å²) in [5, 5.41) is 9.21. The zero-order chi connectivity index (χ0) is 22.8. The fourth-order valence-electron chi connectivity index (χ4n) is 3.31. The van der Waals surface area contributed by atoms with E-state index in [2.05, 4.69) is 0 Å². The maximum atomic E-state index is 12.6. The van der Waals surface area contributed by atoms with Crippen molar-refractivity contribution in [2.75, 3.05) is 26.3 Å². The van der Waals surface area contributed by atoms with Crippen LogP contribution in [-0.2, 0) is 27.3 Å². The Morgan fingerprint density at radius 2 is 1.78 bits per heavy atom. The number of carbonyl (C=O) groups excluding carboxylic acids is 1. The molecule has 7 heteroatoms. The number of rotatable bonds is 13. The van der Waals surface area contributed by atoms with Crippen molar-refractivity contribution >= 4 is 12.1 Å². The van der Waals surface area contributed by atoms with Crippen LogP contribution >= 0.6 is 0 Å². The molecule has 1 N–H and O–H groups in total. The van der Waals surface area contributed by atoms with Crippen LogP contribution in [-0.4, -0.2) is 54.5 Å². The molecule has 1 unspecified atom stereocenters. The third-order valence-corrected chi connectivity index (χ3v) is 5.26. The molecular formula is C25H31NO6. The lowest BCUT2D eigenvalue weighted by Crippen LogP contribution is -2.36. The second-order valence-corrected chi connectivity index (χ2v) is 7.91. The van der Waals surface area contributed by atoms with Gasteiger partial charge in [-0.3, -0.25) is 0 Å². The maximum Gasteiger partial charge on any atom is 0.410 e. The highest BCUT2D eigenvalue weighted by Crippen LogP contribution is 2.30. The first-order chi connectivity index (χ1) is 15.5. The van der Waals surface area contributed by atoms with Gasteiger partial charge in [0.2, 0.25) is 0 Å². The Morgan fingerprint density at radius 3 is 2.41 bits per heavy atom. The van der Waals surface area contributed by atoms with Gasteiger partial charge in [-0.2, -0.15) is 0 Å². The lowest BCUT2D eigenvalue weighted by molar-refractivity contribution is -0.149. The third-order valence-electron chi connectivity index (χ3n) is 5.26. The fraction of sp³-hybridized carbons (Fsp3) is 0.440. The van der Waals surface area contributed by atoms with Gasteiger partial charge >= 0.3 is 12.1 Å². The van der Waals surface area contributed by atoms with Crippen LogP contribution in [0.5, 0.6) is 5.75 Å². The number of benzene rings is 2. The Bertz CT molecular complexity index is 850. The van der Waals surface area contributed by atoms with Crippen molar-refractivity contribution in [2.45, 2.75) is 38.9 Å². The Kier molecular flexibility index (Phi) is 8.92. The van der Waals surface area contributed by atoms with Gasteiger partial charge in [0.25, 0.3) is 0 Å². The van der Waals surface area contributed by atoms with Crippen LogP contribution in [0.3, 0.4) is 0 Å². The summed E-state index contributed by atoms with van der Waals surface area (Å²) in [5.41, 5.74) is 1.82. The number of carbonyl (C=O) groups is 2. The molecule has 1 saturated carbocycles. The molecule has 2 aromatic rings. The van der Waals surface area contributed by atoms with Gasteiger partial charge in [-0.05, 0) is 48.9 Å². The first kappa shape index (κ1) is 23.6. The van der Waals surface area contributed by atoms with Crippen molar-refractivity contribution in [3.05, 3.63) is 65.7 Å². The highest BCUT2D eigenvalue weighted by molar-refractivity contribution is 5.72. The molecule has 0 bridgehead atoms. The summed E-state index contributed by atoms with van der Waals surface area (Å²) in [4.78, 5) is 25.5. The van der Waals surface area contributed by atoms with Gasteiger partial charge in [0.1, 0.15) is 19.0 Å². The van der Waals surface area contributed by atoms with Gasteiger partial charge < -0.3 is 24.2 Å². The number of hydrogen-bond donors (Lipinski definition) is 1. The molecule has 0 heterocycles. The minimum atomic E-state index is -0.970. The van der Waals surface area contributed by atoms with E-state index in [4.69, 9.17) is 14.2 Å². The van der Waals surface area contributed by atoms with Crippen molar-refractivity contribution in [2.24, 2.45) is 5.92 Å². The van der Waals surface area contributed by atoms with Crippen LogP contribution < -0.4 is 4.74 Å². The molecule has 0 aromatic heterocycles. The molecule has 32 heavy (non-hydrogen) atoms. The summed E-state index contributed by atoms with van der Waals surface area (Å²) in [6.45, 7) is 3.85. The zero-order valence-corrected chi connectivity index (χ0v) is 18.4. The van der Waals surface area contributed by atoms with Gasteiger partial charge in [0.05, 0.1) is 6.54 Å². The minimum absolute atomic E-state index is 0.252. The number of aliphatic carboxylic acids is 1. The van der Waals surface area contributed by atoms with E-state index in [-0.39, 0.29) is 12.7 Å². The molecule has 0 aliphatic heterocycles. The quantitative estimate of drug-likeness (QED) is 0.503. The number of carboxylic acid groups (broad SMARTS) is 1. The average molecular weight is 442 g/mol. The summed E-state index contributed by atoms with van der Waals surface area (Å²) in [6, 6.07) is 16.9. The van der Waals surface area contributed by atoms with Gasteiger partial charge in [-0.1, -0.05) is 42.5 Å². The molecular weight excluding hydrogens is 410 g/mol. The standard InChI is InChI=1S/C25H31NO6/c1-2-30-23(24(27)28)16-19-10-12-22(13-11-19)31-15-14-26(17-20-8-9-20)25(29)32-18-21-6-4-3-5-7-21/h3-7,10-13,20,23H,2,8-9,14-18H2,1H3,(H,27,28). The first-order valence-electron chi connectivity index (χ1n) is 11.1. The average Bonchev–Trinajstić information content (AvgIpc) is 3.62. The largest absolute Gasteiger partial charge is 0.492 e. The lowest BCUT2D eigenvalue weighted by atomic mass is 10.1. The number of ether oxygens (including phenoxy) is 3. The molecule has 0 spiro atoms. The molecule has 1 aliphatic carbocycles. The maximum absolute atomic E-state index is 12.6. The van der Waals surface area contributed by atoms with Crippen LogP contribution in [0.15, 0.2) is 54.6 Å². The van der Waals surface area contributed by atoms with Gasteiger partial charge in [-0.15, -0.1) is 0 Å². The van der Waals surface area contributed by atoms with Crippen molar-refractivity contribution < 1.29 is 28.9 Å². The van der Waals surface area contributed by atoms with Crippen molar-refractivity contribution in [3.63, 3.8) is 0 Å². The van der Waals surface area contributed by atoms with Crippen molar-refractivity contribution in [3.8, 4) is 5.75 Å². The van der Waals surface area contributed by atoms with E-state index in [1.54, 1.807) is 24.0 Å². The summed E-state index contributed by atoms with van der Waals surface area (Å²) in [5.74, 6) is 0.245. The highest BCUT2D eigenvalue weighted by Gasteiger charge is 2.27. The summed E-state index contributed by atoms with van der Waals surface area (Å²) in [6.07, 6.45) is 1.40. The van der Waals surface area contributed by atoms with E-state index in [0.717, 1.165) is 24.0 Å². The number of nitrogens with zero attached hydrogens (tertiary/aromatic N) is 1. The Balaban J connectivity index is 1.46. The zero-order valence-electron chi connectivity index (χ0n) is 18.4. The normalized spacial score (nSPS) is 13.9. The number of amides is 1. The third kappa shape index (κ3) is 7.89. The highest BCUT2D eigenvalue weighted by atomic mass is 16.6. The van der Waals surface area contributed by atoms with Crippen molar-refractivity contribution in [1.29, 1.82) is 0 Å². The van der Waals surface area contributed by atoms with Gasteiger partial charge in [-0.25, -0.2) is 9.59 Å². The molecule has 172 valence electrons. The predicted octanol–water partition coefficient (Wildman–Crippen LogP) is 4.15. The van der Waals surface area contributed by atoms with Crippen LogP contribution in [0.25, 0.3) is 0 Å². The summed E-state index contributed by atoms with van der Waals surface area (Å²) < 4.78 is 16.6. The number of hydrogen-bond acceptors (Lipinski definition) is 5. The van der Waals surface area contributed by atoms with Crippen LogP contribution in [0.4, 0.5) is 4.79 Å². The molecule has 0 radical (unpaired) electrons. The summed E-state index contributed by atoms with van der Waals surface area (Å²) in [7, 11) is 0. The van der Waals surface area contributed by atoms with Crippen molar-refractivity contribution in [1.82, 2.24) is 4.90 Å². The van der Waals surface area contributed by atoms with Gasteiger partial charge in [0.15, 0.2) is 6.10 Å². The van der Waals surface area contributed by atoms with Gasteiger partial charge in [0, 0.05) is 19.6 Å². The predicted molar refractivity (Wildman–Crippen MR) is 120 cm³/mol. The van der Waals surface area contributed by atoms with Crippen LogP contribution in [0, 0.1) is 5.92 Å². The van der Waals surface area contributed by atoms with E-state index in [1.807, 2.05) is 42.5 Å². The first-order valence-corrected chi connectivity index (χ1v) is 11.1. The fourth-order valence-corrected chi connectivity index (χ4v) is 3.31. The Labute approximate surface area is 188 Å². The number of carboxylic acids is 1. The topological polar surface area (TPSA) is 85.3 Å². The van der Waals surface area contributed by atoms with Crippen LogP contribution in [0.2, 0.25) is 0 Å². The molecule has 2 aromatic carbocycles. The molecule has 1 atom stereocenters. The molecule has 7 nitrogen and oxygen atoms in total.